The van der Waals surface area contributed by atoms with Crippen LogP contribution < -0.4 is 11.1 Å². The lowest BCUT2D eigenvalue weighted by atomic mass is 10.2. The molecule has 2 rings (SSSR count). The Morgan fingerprint density at radius 1 is 1.53 bits per heavy atom. The van der Waals surface area contributed by atoms with Crippen LogP contribution in [0.1, 0.15) is 26.2 Å². The van der Waals surface area contributed by atoms with Crippen molar-refractivity contribution in [3.05, 3.63) is 17.3 Å². The van der Waals surface area contributed by atoms with E-state index >= 15 is 0 Å². The largest absolute Gasteiger partial charge is 0.396 e. The summed E-state index contributed by atoms with van der Waals surface area (Å²) < 4.78 is 0. The molecule has 3 N–H and O–H groups in total. The highest BCUT2D eigenvalue weighted by Gasteiger charge is 2.27. The predicted molar refractivity (Wildman–Crippen MR) is 76.8 cm³/mol. The Bertz CT molecular complexity index is 386. The van der Waals surface area contributed by atoms with E-state index in [9.17, 15) is 0 Å². The van der Waals surface area contributed by atoms with Crippen molar-refractivity contribution in [1.82, 2.24) is 4.98 Å². The molecule has 2 unspecified atom stereocenters. The standard InChI is InChI=1S/C12H18ClN3S/c1-2-17-10-5-3-4-9(10)15-12-8(14)6-7-11(13)16-12/h6-7,9-10H,2-5,14H2,1H3,(H,15,16). The van der Waals surface area contributed by atoms with Crippen molar-refractivity contribution in [3.8, 4) is 0 Å². The fourth-order valence-electron chi connectivity index (χ4n) is 2.24. The van der Waals surface area contributed by atoms with Gasteiger partial charge in [0.05, 0.1) is 5.69 Å². The first-order chi connectivity index (χ1) is 8.20. The van der Waals surface area contributed by atoms with Gasteiger partial charge in [-0.1, -0.05) is 24.9 Å². The van der Waals surface area contributed by atoms with Crippen LogP contribution in [0.2, 0.25) is 5.15 Å². The minimum atomic E-state index is 0.466. The van der Waals surface area contributed by atoms with Crippen molar-refractivity contribution in [2.45, 2.75) is 37.5 Å². The highest BCUT2D eigenvalue weighted by molar-refractivity contribution is 7.99. The number of nitrogens with two attached hydrogens (primary N) is 1. The molecule has 2 atom stereocenters. The zero-order chi connectivity index (χ0) is 12.3. The number of thioether (sulfide) groups is 1. The van der Waals surface area contributed by atoms with E-state index < -0.39 is 0 Å². The monoisotopic (exact) mass is 271 g/mol. The normalized spacial score (nSPS) is 23.9. The number of nitrogen functional groups attached to an aromatic ring is 1. The van der Waals surface area contributed by atoms with Crippen LogP contribution in [0.25, 0.3) is 0 Å². The molecule has 1 aromatic rings. The molecule has 1 saturated carbocycles. The van der Waals surface area contributed by atoms with E-state index in [-0.39, 0.29) is 0 Å². The molecule has 0 bridgehead atoms. The van der Waals surface area contributed by atoms with E-state index in [1.165, 1.54) is 19.3 Å². The van der Waals surface area contributed by atoms with E-state index in [1.807, 2.05) is 11.8 Å². The molecule has 3 nitrogen and oxygen atoms in total. The molecule has 0 aliphatic heterocycles. The molecule has 1 heterocycles. The van der Waals surface area contributed by atoms with E-state index in [4.69, 9.17) is 17.3 Å². The average Bonchev–Trinajstić information content (AvgIpc) is 2.72. The van der Waals surface area contributed by atoms with Gasteiger partial charge >= 0.3 is 0 Å². The summed E-state index contributed by atoms with van der Waals surface area (Å²) in [6.07, 6.45) is 3.73. The molecular formula is C12H18ClN3S. The Morgan fingerprint density at radius 3 is 3.12 bits per heavy atom. The number of hydrogen-bond donors (Lipinski definition) is 2. The maximum Gasteiger partial charge on any atom is 0.151 e. The molecule has 0 saturated heterocycles. The Morgan fingerprint density at radius 2 is 2.35 bits per heavy atom. The molecule has 1 fully saturated rings. The van der Waals surface area contributed by atoms with Crippen LogP contribution in [0.4, 0.5) is 11.5 Å². The first-order valence-electron chi connectivity index (χ1n) is 6.01. The molecule has 17 heavy (non-hydrogen) atoms. The number of pyridine rings is 1. The van der Waals surface area contributed by atoms with Gasteiger partial charge in [-0.05, 0) is 30.7 Å². The highest BCUT2D eigenvalue weighted by Crippen LogP contribution is 2.33. The molecule has 0 radical (unpaired) electrons. The molecule has 1 aliphatic rings. The minimum absolute atomic E-state index is 0.466. The summed E-state index contributed by atoms with van der Waals surface area (Å²) in [6, 6.07) is 3.98. The minimum Gasteiger partial charge on any atom is -0.396 e. The number of rotatable bonds is 4. The lowest BCUT2D eigenvalue weighted by Crippen LogP contribution is -2.27. The van der Waals surface area contributed by atoms with Crippen molar-refractivity contribution in [3.63, 3.8) is 0 Å². The number of hydrogen-bond acceptors (Lipinski definition) is 4. The second kappa shape index (κ2) is 5.83. The van der Waals surface area contributed by atoms with Crippen LogP contribution in [0, 0.1) is 0 Å². The molecular weight excluding hydrogens is 254 g/mol. The summed E-state index contributed by atoms with van der Waals surface area (Å²) in [5.74, 6) is 1.88. The first kappa shape index (κ1) is 12.8. The third-order valence-corrected chi connectivity index (χ3v) is 4.58. The number of aromatic nitrogens is 1. The van der Waals surface area contributed by atoms with Gasteiger partial charge in [0, 0.05) is 11.3 Å². The van der Waals surface area contributed by atoms with Crippen LogP contribution >= 0.6 is 23.4 Å². The molecule has 94 valence electrons. The van der Waals surface area contributed by atoms with E-state index in [2.05, 4.69) is 17.2 Å². The fourth-order valence-corrected chi connectivity index (χ4v) is 3.59. The third kappa shape index (κ3) is 3.19. The van der Waals surface area contributed by atoms with E-state index in [0.717, 1.165) is 11.6 Å². The zero-order valence-electron chi connectivity index (χ0n) is 9.95. The summed E-state index contributed by atoms with van der Waals surface area (Å²) in [6.45, 7) is 2.20. The molecule has 0 amide bonds. The second-order valence-corrected chi connectivity index (χ2v) is 6.15. The molecule has 1 aromatic heterocycles. The SMILES string of the molecule is CCSC1CCCC1Nc1nc(Cl)ccc1N. The number of nitrogens with one attached hydrogen (secondary N) is 1. The van der Waals surface area contributed by atoms with Crippen molar-refractivity contribution in [2.75, 3.05) is 16.8 Å². The van der Waals surface area contributed by atoms with Gasteiger partial charge < -0.3 is 11.1 Å². The topological polar surface area (TPSA) is 50.9 Å². The fraction of sp³-hybridized carbons (Fsp3) is 0.583. The summed E-state index contributed by atoms with van der Waals surface area (Å²) in [7, 11) is 0. The highest BCUT2D eigenvalue weighted by atomic mass is 35.5. The van der Waals surface area contributed by atoms with Gasteiger partial charge in [0.25, 0.3) is 0 Å². The van der Waals surface area contributed by atoms with Crippen LogP contribution in [-0.2, 0) is 0 Å². The Labute approximate surface area is 112 Å². The summed E-state index contributed by atoms with van der Waals surface area (Å²) >= 11 is 7.90. The van der Waals surface area contributed by atoms with Gasteiger partial charge in [-0.3, -0.25) is 0 Å². The van der Waals surface area contributed by atoms with Gasteiger partial charge in [-0.2, -0.15) is 11.8 Å². The Kier molecular flexibility index (Phi) is 4.40. The number of halogens is 1. The quantitative estimate of drug-likeness (QED) is 0.824. The van der Waals surface area contributed by atoms with E-state index in [0.29, 0.717) is 22.1 Å². The lowest BCUT2D eigenvalue weighted by molar-refractivity contribution is 0.763. The van der Waals surface area contributed by atoms with Crippen molar-refractivity contribution in [2.24, 2.45) is 0 Å². The first-order valence-corrected chi connectivity index (χ1v) is 7.43. The van der Waals surface area contributed by atoms with Crippen molar-refractivity contribution < 1.29 is 0 Å². The Hall–Kier alpha value is -0.610. The van der Waals surface area contributed by atoms with Crippen molar-refractivity contribution >= 4 is 34.9 Å². The van der Waals surface area contributed by atoms with Crippen LogP contribution in [0.3, 0.4) is 0 Å². The zero-order valence-corrected chi connectivity index (χ0v) is 11.5. The number of anilines is 2. The van der Waals surface area contributed by atoms with Crippen LogP contribution in [0.15, 0.2) is 12.1 Å². The number of nitrogens with zero attached hydrogens (tertiary/aromatic N) is 1. The van der Waals surface area contributed by atoms with Gasteiger partial charge in [0.2, 0.25) is 0 Å². The van der Waals surface area contributed by atoms with Crippen molar-refractivity contribution in [1.29, 1.82) is 0 Å². The van der Waals surface area contributed by atoms with Crippen LogP contribution in [-0.4, -0.2) is 22.0 Å². The smallest absolute Gasteiger partial charge is 0.151 e. The van der Waals surface area contributed by atoms with Gasteiger partial charge in [0.15, 0.2) is 5.82 Å². The molecule has 0 spiro atoms. The third-order valence-electron chi connectivity index (χ3n) is 3.05. The lowest BCUT2D eigenvalue weighted by Gasteiger charge is -2.21. The van der Waals surface area contributed by atoms with E-state index in [1.54, 1.807) is 12.1 Å². The predicted octanol–water partition coefficient (Wildman–Crippen LogP) is 3.40. The maximum atomic E-state index is 5.90. The molecule has 1 aliphatic carbocycles. The summed E-state index contributed by atoms with van der Waals surface area (Å²) in [4.78, 5) is 4.25. The molecule has 5 heteroatoms. The van der Waals surface area contributed by atoms with Gasteiger partial charge in [-0.25, -0.2) is 4.98 Å². The summed E-state index contributed by atoms with van der Waals surface area (Å²) in [5.41, 5.74) is 6.56. The van der Waals surface area contributed by atoms with Gasteiger partial charge in [0.1, 0.15) is 5.15 Å². The summed E-state index contributed by atoms with van der Waals surface area (Å²) in [5, 5.41) is 4.60. The maximum absolute atomic E-state index is 5.90. The van der Waals surface area contributed by atoms with Gasteiger partial charge in [-0.15, -0.1) is 0 Å². The van der Waals surface area contributed by atoms with Crippen LogP contribution in [0.5, 0.6) is 0 Å². The Balaban J connectivity index is 2.06. The molecule has 0 aromatic carbocycles. The second-order valence-electron chi connectivity index (χ2n) is 4.25. The average molecular weight is 272 g/mol.